The summed E-state index contributed by atoms with van der Waals surface area (Å²) in [5.74, 6) is 1.03. The van der Waals surface area contributed by atoms with Crippen LogP contribution in [0, 0.1) is 11.3 Å². The zero-order chi connectivity index (χ0) is 7.19. The highest BCUT2D eigenvalue weighted by Gasteiger charge is 2.52. The summed E-state index contributed by atoms with van der Waals surface area (Å²) in [5.41, 5.74) is 0.809. The van der Waals surface area contributed by atoms with Crippen LogP contribution in [-0.2, 0) is 0 Å². The summed E-state index contributed by atoms with van der Waals surface area (Å²) in [5, 5.41) is 0. The average Bonchev–Trinajstić information content (AvgIpc) is 2.55. The summed E-state index contributed by atoms with van der Waals surface area (Å²) in [6, 6.07) is 0. The van der Waals surface area contributed by atoms with Crippen molar-refractivity contribution in [2.24, 2.45) is 11.3 Å². The van der Waals surface area contributed by atoms with Gasteiger partial charge in [-0.1, -0.05) is 13.3 Å². The lowest BCUT2D eigenvalue weighted by Crippen LogP contribution is -2.14. The molecule has 1 nitrogen and oxygen atoms in total. The molecule has 0 unspecified atom stereocenters. The van der Waals surface area contributed by atoms with E-state index in [-0.39, 0.29) is 0 Å². The highest BCUT2D eigenvalue weighted by Crippen LogP contribution is 2.56. The molecule has 58 valence electrons. The van der Waals surface area contributed by atoms with Gasteiger partial charge in [0.15, 0.2) is 0 Å². The van der Waals surface area contributed by atoms with Crippen molar-refractivity contribution in [3.63, 3.8) is 0 Å². The minimum Gasteiger partial charge on any atom is -0.306 e. The highest BCUT2D eigenvalue weighted by molar-refractivity contribution is 5.04. The first kappa shape index (κ1) is 6.66. The van der Waals surface area contributed by atoms with Gasteiger partial charge in [-0.05, 0) is 31.2 Å². The number of rotatable bonds is 1. The number of hydrogen-bond donors (Lipinski definition) is 0. The second-order valence-electron chi connectivity index (χ2n) is 4.16. The molecule has 0 radical (unpaired) electrons. The molecular formula is C9H17N. The molecule has 1 heterocycles. The monoisotopic (exact) mass is 139 g/mol. The molecule has 1 spiro atoms. The second-order valence-corrected chi connectivity index (χ2v) is 4.16. The molecule has 1 saturated heterocycles. The van der Waals surface area contributed by atoms with Gasteiger partial charge in [-0.2, -0.15) is 0 Å². The van der Waals surface area contributed by atoms with Crippen LogP contribution >= 0.6 is 0 Å². The van der Waals surface area contributed by atoms with E-state index in [9.17, 15) is 0 Å². The normalized spacial score (nSPS) is 37.2. The third-order valence-corrected chi connectivity index (χ3v) is 3.37. The van der Waals surface area contributed by atoms with Crippen LogP contribution in [0.5, 0.6) is 0 Å². The van der Waals surface area contributed by atoms with Crippen molar-refractivity contribution < 1.29 is 0 Å². The molecule has 1 aliphatic heterocycles. The Morgan fingerprint density at radius 3 is 2.60 bits per heavy atom. The van der Waals surface area contributed by atoms with Crippen molar-refractivity contribution in [3.05, 3.63) is 0 Å². The van der Waals surface area contributed by atoms with Gasteiger partial charge in [0.2, 0.25) is 0 Å². The lowest BCUT2D eigenvalue weighted by Gasteiger charge is -2.13. The molecule has 2 fully saturated rings. The first-order valence-electron chi connectivity index (χ1n) is 4.45. The SMILES string of the molecule is CC[C@H]1CN(C)CC12CC2. The molecular weight excluding hydrogens is 122 g/mol. The maximum Gasteiger partial charge on any atom is 0.00382 e. The summed E-state index contributed by atoms with van der Waals surface area (Å²) in [7, 11) is 2.26. The minimum atomic E-state index is 0.809. The van der Waals surface area contributed by atoms with Gasteiger partial charge in [0.1, 0.15) is 0 Å². The predicted molar refractivity (Wildman–Crippen MR) is 42.9 cm³/mol. The van der Waals surface area contributed by atoms with Crippen LogP contribution in [-0.4, -0.2) is 25.0 Å². The van der Waals surface area contributed by atoms with Crippen molar-refractivity contribution in [2.75, 3.05) is 20.1 Å². The van der Waals surface area contributed by atoms with E-state index < -0.39 is 0 Å². The summed E-state index contributed by atoms with van der Waals surface area (Å²) in [6.45, 7) is 5.08. The molecule has 0 N–H and O–H groups in total. The van der Waals surface area contributed by atoms with Gasteiger partial charge >= 0.3 is 0 Å². The van der Waals surface area contributed by atoms with Crippen LogP contribution < -0.4 is 0 Å². The van der Waals surface area contributed by atoms with E-state index in [4.69, 9.17) is 0 Å². The van der Waals surface area contributed by atoms with E-state index in [0.29, 0.717) is 0 Å². The molecule has 2 aliphatic rings. The van der Waals surface area contributed by atoms with Gasteiger partial charge in [0, 0.05) is 13.1 Å². The van der Waals surface area contributed by atoms with Crippen molar-refractivity contribution >= 4 is 0 Å². The van der Waals surface area contributed by atoms with Crippen molar-refractivity contribution in [1.29, 1.82) is 0 Å². The van der Waals surface area contributed by atoms with Gasteiger partial charge < -0.3 is 4.90 Å². The van der Waals surface area contributed by atoms with Crippen LogP contribution in [0.3, 0.4) is 0 Å². The highest BCUT2D eigenvalue weighted by atomic mass is 15.1. The van der Waals surface area contributed by atoms with E-state index in [1.165, 1.54) is 32.4 Å². The molecule has 0 aromatic carbocycles. The van der Waals surface area contributed by atoms with Crippen LogP contribution in [0.2, 0.25) is 0 Å². The molecule has 0 aromatic rings. The lowest BCUT2D eigenvalue weighted by molar-refractivity contribution is 0.385. The Hall–Kier alpha value is -0.0400. The Balaban J connectivity index is 2.06. The molecule has 0 amide bonds. The van der Waals surface area contributed by atoms with Crippen LogP contribution in [0.1, 0.15) is 26.2 Å². The van der Waals surface area contributed by atoms with Crippen LogP contribution in [0.25, 0.3) is 0 Å². The molecule has 1 atom stereocenters. The van der Waals surface area contributed by atoms with Gasteiger partial charge in [0.05, 0.1) is 0 Å². The van der Waals surface area contributed by atoms with Gasteiger partial charge in [-0.25, -0.2) is 0 Å². The van der Waals surface area contributed by atoms with E-state index in [0.717, 1.165) is 11.3 Å². The Kier molecular flexibility index (Phi) is 1.31. The van der Waals surface area contributed by atoms with Gasteiger partial charge in [-0.15, -0.1) is 0 Å². The molecule has 2 rings (SSSR count). The predicted octanol–water partition coefficient (Wildman–Crippen LogP) is 1.74. The molecule has 10 heavy (non-hydrogen) atoms. The first-order chi connectivity index (χ1) is 4.77. The molecule has 1 saturated carbocycles. The minimum absolute atomic E-state index is 0.809. The number of likely N-dealkylation sites (tertiary alicyclic amines) is 1. The zero-order valence-corrected chi connectivity index (χ0v) is 7.06. The quantitative estimate of drug-likeness (QED) is 0.535. The lowest BCUT2D eigenvalue weighted by atomic mass is 9.91. The van der Waals surface area contributed by atoms with E-state index in [1.807, 2.05) is 0 Å². The Bertz CT molecular complexity index is 138. The molecule has 1 aliphatic carbocycles. The molecule has 1 heteroatoms. The largest absolute Gasteiger partial charge is 0.306 e. The Morgan fingerprint density at radius 2 is 2.20 bits per heavy atom. The van der Waals surface area contributed by atoms with Gasteiger partial charge in [0.25, 0.3) is 0 Å². The first-order valence-corrected chi connectivity index (χ1v) is 4.45. The van der Waals surface area contributed by atoms with E-state index in [1.54, 1.807) is 0 Å². The summed E-state index contributed by atoms with van der Waals surface area (Å²) >= 11 is 0. The standard InChI is InChI=1S/C9H17N/c1-3-8-6-10(2)7-9(8)4-5-9/h8H,3-7H2,1-2H3/t8-/m0/s1. The maximum absolute atomic E-state index is 2.50. The topological polar surface area (TPSA) is 3.24 Å². The van der Waals surface area contributed by atoms with Crippen molar-refractivity contribution in [1.82, 2.24) is 4.90 Å². The van der Waals surface area contributed by atoms with Crippen LogP contribution in [0.15, 0.2) is 0 Å². The fraction of sp³-hybridized carbons (Fsp3) is 1.00. The third kappa shape index (κ3) is 0.800. The maximum atomic E-state index is 2.50. The average molecular weight is 139 g/mol. The second kappa shape index (κ2) is 1.97. The zero-order valence-electron chi connectivity index (χ0n) is 7.06. The third-order valence-electron chi connectivity index (χ3n) is 3.37. The summed E-state index contributed by atoms with van der Waals surface area (Å²) in [4.78, 5) is 2.50. The smallest absolute Gasteiger partial charge is 0.00382 e. The fourth-order valence-electron chi connectivity index (χ4n) is 2.59. The van der Waals surface area contributed by atoms with E-state index in [2.05, 4.69) is 18.9 Å². The Morgan fingerprint density at radius 1 is 1.50 bits per heavy atom. The molecule has 0 bridgehead atoms. The summed E-state index contributed by atoms with van der Waals surface area (Å²) in [6.07, 6.45) is 4.41. The van der Waals surface area contributed by atoms with Crippen molar-refractivity contribution in [2.45, 2.75) is 26.2 Å². The summed E-state index contributed by atoms with van der Waals surface area (Å²) < 4.78 is 0. The Labute approximate surface area is 63.4 Å². The van der Waals surface area contributed by atoms with Gasteiger partial charge in [-0.3, -0.25) is 0 Å². The molecule has 0 aromatic heterocycles. The van der Waals surface area contributed by atoms with Crippen LogP contribution in [0.4, 0.5) is 0 Å². The number of nitrogens with zero attached hydrogens (tertiary/aromatic N) is 1. The fourth-order valence-corrected chi connectivity index (χ4v) is 2.59. The van der Waals surface area contributed by atoms with Crippen molar-refractivity contribution in [3.8, 4) is 0 Å². The number of hydrogen-bond acceptors (Lipinski definition) is 1. The van der Waals surface area contributed by atoms with E-state index >= 15 is 0 Å².